The maximum Gasteiger partial charge on any atom is 0.472 e. The van der Waals surface area contributed by atoms with E-state index in [2.05, 4.69) is 123 Å². The van der Waals surface area contributed by atoms with Gasteiger partial charge in [0.2, 0.25) is 5.91 Å². The molecule has 10 heteroatoms. The number of allylic oxidation sites excluding steroid dienone is 17. The molecule has 460 valence electrons. The van der Waals surface area contributed by atoms with Crippen LogP contribution in [-0.4, -0.2) is 74.3 Å². The number of unbranched alkanes of at least 4 members (excludes halogenated alkanes) is 26. The van der Waals surface area contributed by atoms with Gasteiger partial charge in [0.1, 0.15) is 19.3 Å². The van der Waals surface area contributed by atoms with Crippen molar-refractivity contribution in [3.63, 3.8) is 0 Å². The Morgan fingerprint density at radius 1 is 0.450 bits per heavy atom. The van der Waals surface area contributed by atoms with E-state index in [4.69, 9.17) is 13.8 Å². The van der Waals surface area contributed by atoms with E-state index in [0.717, 1.165) is 122 Å². The van der Waals surface area contributed by atoms with Crippen LogP contribution >= 0.6 is 7.82 Å². The van der Waals surface area contributed by atoms with Crippen molar-refractivity contribution in [3.8, 4) is 0 Å². The van der Waals surface area contributed by atoms with Crippen LogP contribution in [-0.2, 0) is 27.9 Å². The summed E-state index contributed by atoms with van der Waals surface area (Å²) in [5, 5.41) is 3.05. The molecule has 0 bridgehead atoms. The van der Waals surface area contributed by atoms with Crippen LogP contribution in [0.15, 0.2) is 109 Å². The predicted octanol–water partition coefficient (Wildman–Crippen LogP) is 20.5. The SMILES string of the molecule is CC/C=C\C/C=C\C/C=C\C/C=C\C/C=C\C/C=C\CCCCCCC(=O)OC(/C=C/CCCCCCCCCCCC)C(COP(=O)(O)OCC[N+](C)(C)C)NC(=O)CCCCCCCCCCC/C=C\C/C=C\CCCCC. The van der Waals surface area contributed by atoms with E-state index in [9.17, 15) is 19.0 Å². The van der Waals surface area contributed by atoms with Crippen LogP contribution in [0.2, 0.25) is 0 Å². The molecule has 0 saturated heterocycles. The third-order valence-electron chi connectivity index (χ3n) is 13.9. The molecule has 0 fully saturated rings. The zero-order valence-corrected chi connectivity index (χ0v) is 53.4. The first-order valence-corrected chi connectivity index (χ1v) is 34.2. The van der Waals surface area contributed by atoms with E-state index >= 15 is 0 Å². The average Bonchev–Trinajstić information content (AvgIpc) is 3.43. The summed E-state index contributed by atoms with van der Waals surface area (Å²) < 4.78 is 30.7. The zero-order valence-electron chi connectivity index (χ0n) is 52.5. The first kappa shape index (κ1) is 76.7. The van der Waals surface area contributed by atoms with E-state index in [-0.39, 0.29) is 31.5 Å². The molecule has 0 aliphatic carbocycles. The molecule has 0 aliphatic heterocycles. The van der Waals surface area contributed by atoms with E-state index in [0.29, 0.717) is 23.9 Å². The highest BCUT2D eigenvalue weighted by molar-refractivity contribution is 7.47. The maximum atomic E-state index is 13.6. The second kappa shape index (κ2) is 58.9. The van der Waals surface area contributed by atoms with Gasteiger partial charge in [-0.05, 0) is 115 Å². The molecule has 3 atom stereocenters. The van der Waals surface area contributed by atoms with Crippen LogP contribution in [0.1, 0.15) is 271 Å². The number of quaternary nitrogens is 1. The molecular weight excluding hydrogens is 1010 g/mol. The lowest BCUT2D eigenvalue weighted by molar-refractivity contribution is -0.870. The van der Waals surface area contributed by atoms with Crippen LogP contribution in [0.3, 0.4) is 0 Å². The monoisotopic (exact) mass is 1140 g/mol. The molecule has 0 radical (unpaired) electrons. The number of hydrogen-bond donors (Lipinski definition) is 2. The third-order valence-corrected chi connectivity index (χ3v) is 14.9. The van der Waals surface area contributed by atoms with Gasteiger partial charge in [-0.2, -0.15) is 0 Å². The van der Waals surface area contributed by atoms with Crippen molar-refractivity contribution in [3.05, 3.63) is 109 Å². The van der Waals surface area contributed by atoms with Gasteiger partial charge < -0.3 is 19.4 Å². The minimum Gasteiger partial charge on any atom is -0.456 e. The number of phosphoric ester groups is 1. The Labute approximate surface area is 493 Å². The summed E-state index contributed by atoms with van der Waals surface area (Å²) in [4.78, 5) is 37.8. The quantitative estimate of drug-likeness (QED) is 0.0205. The standard InChI is InChI=1S/C70H123N2O7P/c1-7-10-13-16-19-22-25-28-30-32-34-35-36-37-39-41-43-45-48-51-54-57-60-63-70(74)79-68(61-58-55-52-49-46-27-24-21-18-15-12-9-3)67(66-78-80(75,76)77-65-64-72(4,5)6)71-69(73)62-59-56-53-50-47-44-42-40-38-33-31-29-26-23-20-17-14-11-8-2/h10,13,19-20,22-23,28-31,34-35,37,39,43,45,58,61,67-68H,7-9,11-12,14-18,21,24-27,32-33,36,38,40-42,44,46-57,59-60,62-66H2,1-6H3,(H-,71,73,75,76)/p+1/b13-10-,22-19-,23-20-,30-28-,31-29-,35-34-,39-37-,45-43-,61-58+. The molecular formula is C70H124N2O7P+. The Morgan fingerprint density at radius 3 is 1.23 bits per heavy atom. The number of carbonyl (C=O) groups excluding carboxylic acids is 2. The van der Waals surface area contributed by atoms with Crippen LogP contribution < -0.4 is 5.32 Å². The van der Waals surface area contributed by atoms with Gasteiger partial charge in [-0.3, -0.25) is 18.6 Å². The number of rotatable bonds is 58. The highest BCUT2D eigenvalue weighted by Gasteiger charge is 2.30. The van der Waals surface area contributed by atoms with Gasteiger partial charge >= 0.3 is 13.8 Å². The fourth-order valence-corrected chi connectivity index (χ4v) is 9.65. The predicted molar refractivity (Wildman–Crippen MR) is 346 cm³/mol. The summed E-state index contributed by atoms with van der Waals surface area (Å²) in [7, 11) is 1.47. The third kappa shape index (κ3) is 59.3. The Hall–Kier alpha value is -3.33. The van der Waals surface area contributed by atoms with Gasteiger partial charge in [0, 0.05) is 12.8 Å². The maximum absolute atomic E-state index is 13.6. The highest BCUT2D eigenvalue weighted by Crippen LogP contribution is 2.43. The van der Waals surface area contributed by atoms with Crippen molar-refractivity contribution in [2.45, 2.75) is 283 Å². The van der Waals surface area contributed by atoms with Crippen molar-refractivity contribution < 1.29 is 37.3 Å². The fourth-order valence-electron chi connectivity index (χ4n) is 8.91. The summed E-state index contributed by atoms with van der Waals surface area (Å²) >= 11 is 0. The van der Waals surface area contributed by atoms with Gasteiger partial charge in [0.15, 0.2) is 0 Å². The molecule has 3 unspecified atom stereocenters. The van der Waals surface area contributed by atoms with Crippen LogP contribution in [0.4, 0.5) is 0 Å². The second-order valence-corrected chi connectivity index (χ2v) is 24.4. The number of nitrogens with zero attached hydrogens (tertiary/aromatic N) is 1. The number of hydrogen-bond acceptors (Lipinski definition) is 6. The van der Waals surface area contributed by atoms with Crippen molar-refractivity contribution in [2.75, 3.05) is 40.9 Å². The van der Waals surface area contributed by atoms with E-state index in [1.54, 1.807) is 0 Å². The number of amides is 1. The summed E-state index contributed by atoms with van der Waals surface area (Å²) in [5.74, 6) is -0.542. The normalized spacial score (nSPS) is 14.3. The van der Waals surface area contributed by atoms with Crippen molar-refractivity contribution in [1.82, 2.24) is 5.32 Å². The molecule has 0 aromatic carbocycles. The lowest BCUT2D eigenvalue weighted by atomic mass is 10.0. The highest BCUT2D eigenvalue weighted by atomic mass is 31.2. The molecule has 9 nitrogen and oxygen atoms in total. The van der Waals surface area contributed by atoms with E-state index < -0.39 is 20.0 Å². The number of phosphoric acid groups is 1. The fraction of sp³-hybridized carbons (Fsp3) is 0.714. The lowest BCUT2D eigenvalue weighted by Gasteiger charge is -2.27. The summed E-state index contributed by atoms with van der Waals surface area (Å²) in [6, 6.07) is -0.869. The molecule has 0 spiro atoms. The van der Waals surface area contributed by atoms with Crippen molar-refractivity contribution >= 4 is 19.7 Å². The first-order valence-electron chi connectivity index (χ1n) is 32.7. The number of ether oxygens (including phenoxy) is 1. The second-order valence-electron chi connectivity index (χ2n) is 22.9. The molecule has 2 N–H and O–H groups in total. The Kier molecular flexibility index (Phi) is 56.4. The molecule has 1 amide bonds. The lowest BCUT2D eigenvalue weighted by Crippen LogP contribution is -2.47. The van der Waals surface area contributed by atoms with E-state index in [1.807, 2.05) is 33.3 Å². The number of nitrogens with one attached hydrogen (secondary N) is 1. The molecule has 0 aromatic heterocycles. The van der Waals surface area contributed by atoms with E-state index in [1.165, 1.54) is 109 Å². The Balaban J connectivity index is 5.26. The smallest absolute Gasteiger partial charge is 0.456 e. The molecule has 0 rings (SSSR count). The zero-order chi connectivity index (χ0) is 58.6. The van der Waals surface area contributed by atoms with Gasteiger partial charge in [-0.15, -0.1) is 0 Å². The van der Waals surface area contributed by atoms with Crippen LogP contribution in [0.25, 0.3) is 0 Å². The van der Waals surface area contributed by atoms with Crippen LogP contribution in [0.5, 0.6) is 0 Å². The summed E-state index contributed by atoms with van der Waals surface area (Å²) in [5.41, 5.74) is 0. The molecule has 80 heavy (non-hydrogen) atoms. The largest absolute Gasteiger partial charge is 0.472 e. The number of carbonyl (C=O) groups is 2. The van der Waals surface area contributed by atoms with Gasteiger partial charge in [0.25, 0.3) is 0 Å². The van der Waals surface area contributed by atoms with Gasteiger partial charge in [0.05, 0.1) is 33.8 Å². The van der Waals surface area contributed by atoms with Crippen molar-refractivity contribution in [1.29, 1.82) is 0 Å². The number of likely N-dealkylation sites (N-methyl/N-ethyl adjacent to an activating group) is 1. The average molecular weight is 1140 g/mol. The molecule has 0 saturated carbocycles. The van der Waals surface area contributed by atoms with Crippen LogP contribution in [0, 0.1) is 0 Å². The number of esters is 1. The van der Waals surface area contributed by atoms with Gasteiger partial charge in [-0.25, -0.2) is 4.57 Å². The van der Waals surface area contributed by atoms with Gasteiger partial charge in [-0.1, -0.05) is 252 Å². The molecule has 0 aliphatic rings. The molecule has 0 heterocycles. The van der Waals surface area contributed by atoms with Crippen molar-refractivity contribution in [2.24, 2.45) is 0 Å². The Morgan fingerprint density at radius 2 is 0.800 bits per heavy atom. The summed E-state index contributed by atoms with van der Waals surface area (Å²) in [6.07, 6.45) is 80.8. The minimum atomic E-state index is -4.46. The topological polar surface area (TPSA) is 111 Å². The Bertz CT molecular complexity index is 1740. The minimum absolute atomic E-state index is 0.0298. The first-order chi connectivity index (χ1) is 38.9. The molecule has 0 aromatic rings. The summed E-state index contributed by atoms with van der Waals surface area (Å²) in [6.45, 7) is 6.85.